The predicted molar refractivity (Wildman–Crippen MR) is 87.2 cm³/mol. The molecule has 0 aliphatic heterocycles. The molecular weight excluding hydrogens is 292 g/mol. The summed E-state index contributed by atoms with van der Waals surface area (Å²) in [5, 5.41) is 11.8. The minimum atomic E-state index is 0.568. The summed E-state index contributed by atoms with van der Waals surface area (Å²) >= 11 is 11.3. The van der Waals surface area contributed by atoms with E-state index in [1.54, 1.807) is 0 Å². The van der Waals surface area contributed by atoms with E-state index in [1.807, 2.05) is 50.0 Å². The molecule has 1 aromatic heterocycles. The van der Waals surface area contributed by atoms with Crippen LogP contribution in [-0.2, 0) is 13.6 Å². The Morgan fingerprint density at radius 3 is 2.80 bits per heavy atom. The Hall–Kier alpha value is -1.59. The van der Waals surface area contributed by atoms with Crippen molar-refractivity contribution in [1.29, 1.82) is 0 Å². The standard InChI is InChI=1S/C14H17ClN4S/c1-9-4-5-12(15)6-13(9)18-14(20)16-7-11-8-17-19(3)10(11)2/h4-6,8H,7H2,1-3H3,(H2,16,18,20). The van der Waals surface area contributed by atoms with E-state index in [0.29, 0.717) is 16.7 Å². The van der Waals surface area contributed by atoms with Crippen LogP contribution in [-0.4, -0.2) is 14.9 Å². The third-order valence-electron chi connectivity index (χ3n) is 3.22. The maximum Gasteiger partial charge on any atom is 0.171 e. The molecule has 0 amide bonds. The highest BCUT2D eigenvalue weighted by Crippen LogP contribution is 2.20. The highest BCUT2D eigenvalue weighted by Gasteiger charge is 2.05. The van der Waals surface area contributed by atoms with Crippen molar-refractivity contribution >= 4 is 34.6 Å². The molecule has 0 saturated heterocycles. The van der Waals surface area contributed by atoms with Gasteiger partial charge >= 0.3 is 0 Å². The normalized spacial score (nSPS) is 10.4. The lowest BCUT2D eigenvalue weighted by Crippen LogP contribution is -2.28. The first-order valence-corrected chi connectivity index (χ1v) is 7.04. The fourth-order valence-electron chi connectivity index (χ4n) is 1.79. The summed E-state index contributed by atoms with van der Waals surface area (Å²) in [6.45, 7) is 4.68. The lowest BCUT2D eigenvalue weighted by molar-refractivity contribution is 0.736. The first-order valence-electron chi connectivity index (χ1n) is 6.26. The van der Waals surface area contributed by atoms with Crippen LogP contribution in [0.1, 0.15) is 16.8 Å². The van der Waals surface area contributed by atoms with Gasteiger partial charge in [-0.3, -0.25) is 4.68 Å². The van der Waals surface area contributed by atoms with Crippen molar-refractivity contribution < 1.29 is 0 Å². The zero-order chi connectivity index (χ0) is 14.7. The van der Waals surface area contributed by atoms with Gasteiger partial charge in [0, 0.05) is 35.6 Å². The number of aryl methyl sites for hydroxylation is 2. The van der Waals surface area contributed by atoms with E-state index in [0.717, 1.165) is 22.5 Å². The molecule has 106 valence electrons. The summed E-state index contributed by atoms with van der Waals surface area (Å²) < 4.78 is 1.84. The average Bonchev–Trinajstić information content (AvgIpc) is 2.72. The van der Waals surface area contributed by atoms with E-state index >= 15 is 0 Å². The van der Waals surface area contributed by atoms with Crippen LogP contribution in [0.25, 0.3) is 0 Å². The van der Waals surface area contributed by atoms with Crippen molar-refractivity contribution in [2.24, 2.45) is 7.05 Å². The molecule has 0 radical (unpaired) electrons. The third kappa shape index (κ3) is 3.49. The van der Waals surface area contributed by atoms with Crippen LogP contribution < -0.4 is 10.6 Å². The first kappa shape index (κ1) is 14.8. The topological polar surface area (TPSA) is 41.9 Å². The van der Waals surface area contributed by atoms with Gasteiger partial charge < -0.3 is 10.6 Å². The SMILES string of the molecule is Cc1ccc(Cl)cc1NC(=S)NCc1cnn(C)c1C. The maximum absolute atomic E-state index is 5.98. The highest BCUT2D eigenvalue weighted by molar-refractivity contribution is 7.80. The van der Waals surface area contributed by atoms with Crippen LogP contribution in [0, 0.1) is 13.8 Å². The zero-order valence-electron chi connectivity index (χ0n) is 11.7. The van der Waals surface area contributed by atoms with E-state index in [4.69, 9.17) is 23.8 Å². The number of aromatic nitrogens is 2. The lowest BCUT2D eigenvalue weighted by atomic mass is 10.2. The Morgan fingerprint density at radius 1 is 1.40 bits per heavy atom. The summed E-state index contributed by atoms with van der Waals surface area (Å²) in [5.74, 6) is 0. The smallest absolute Gasteiger partial charge is 0.171 e. The van der Waals surface area contributed by atoms with Gasteiger partial charge in [-0.1, -0.05) is 17.7 Å². The van der Waals surface area contributed by atoms with E-state index in [-0.39, 0.29) is 0 Å². The Labute approximate surface area is 129 Å². The van der Waals surface area contributed by atoms with Gasteiger partial charge in [0.05, 0.1) is 6.20 Å². The van der Waals surface area contributed by atoms with Crippen LogP contribution in [0.5, 0.6) is 0 Å². The number of nitrogens with zero attached hydrogens (tertiary/aromatic N) is 2. The van der Waals surface area contributed by atoms with E-state index in [9.17, 15) is 0 Å². The van der Waals surface area contributed by atoms with Gasteiger partial charge in [-0.15, -0.1) is 0 Å². The van der Waals surface area contributed by atoms with Crippen molar-refractivity contribution in [3.05, 3.63) is 46.2 Å². The van der Waals surface area contributed by atoms with Crippen LogP contribution in [0.4, 0.5) is 5.69 Å². The quantitative estimate of drug-likeness (QED) is 0.855. The molecule has 0 fully saturated rings. The van der Waals surface area contributed by atoms with Gasteiger partial charge in [0.25, 0.3) is 0 Å². The fraction of sp³-hybridized carbons (Fsp3) is 0.286. The van der Waals surface area contributed by atoms with Gasteiger partial charge in [0.2, 0.25) is 0 Å². The number of halogens is 1. The molecule has 2 N–H and O–H groups in total. The largest absolute Gasteiger partial charge is 0.358 e. The molecule has 2 aromatic rings. The predicted octanol–water partition coefficient (Wildman–Crippen LogP) is 3.18. The molecule has 0 unspecified atom stereocenters. The van der Waals surface area contributed by atoms with E-state index < -0.39 is 0 Å². The van der Waals surface area contributed by atoms with Gasteiger partial charge in [0.1, 0.15) is 0 Å². The van der Waals surface area contributed by atoms with Gasteiger partial charge in [0.15, 0.2) is 5.11 Å². The second kappa shape index (κ2) is 6.24. The molecule has 0 aliphatic rings. The van der Waals surface area contributed by atoms with E-state index in [1.165, 1.54) is 0 Å². The van der Waals surface area contributed by atoms with Crippen LogP contribution in [0.3, 0.4) is 0 Å². The summed E-state index contributed by atoms with van der Waals surface area (Å²) in [6, 6.07) is 5.68. The number of nitrogens with one attached hydrogen (secondary N) is 2. The van der Waals surface area contributed by atoms with Crippen LogP contribution >= 0.6 is 23.8 Å². The Balaban J connectivity index is 1.96. The summed E-state index contributed by atoms with van der Waals surface area (Å²) in [4.78, 5) is 0. The number of rotatable bonds is 3. The molecule has 0 aliphatic carbocycles. The molecule has 6 heteroatoms. The molecule has 0 bridgehead atoms. The molecule has 0 spiro atoms. The summed E-state index contributed by atoms with van der Waals surface area (Å²) in [7, 11) is 1.92. The summed E-state index contributed by atoms with van der Waals surface area (Å²) in [5.41, 5.74) is 4.26. The maximum atomic E-state index is 5.98. The number of benzene rings is 1. The molecule has 20 heavy (non-hydrogen) atoms. The number of thiocarbonyl (C=S) groups is 1. The first-order chi connectivity index (χ1) is 9.47. The van der Waals surface area contributed by atoms with Gasteiger partial charge in [-0.2, -0.15) is 5.10 Å². The molecule has 1 heterocycles. The van der Waals surface area contributed by atoms with Gasteiger partial charge in [-0.05, 0) is 43.8 Å². The Morgan fingerprint density at radius 2 is 2.15 bits per heavy atom. The van der Waals surface area contributed by atoms with E-state index in [2.05, 4.69) is 15.7 Å². The highest BCUT2D eigenvalue weighted by atomic mass is 35.5. The van der Waals surface area contributed by atoms with Crippen LogP contribution in [0.15, 0.2) is 24.4 Å². The van der Waals surface area contributed by atoms with Crippen molar-refractivity contribution in [2.75, 3.05) is 5.32 Å². The molecule has 0 atom stereocenters. The molecule has 2 rings (SSSR count). The molecule has 1 aromatic carbocycles. The molecule has 4 nitrogen and oxygen atoms in total. The van der Waals surface area contributed by atoms with Crippen molar-refractivity contribution in [2.45, 2.75) is 20.4 Å². The average molecular weight is 309 g/mol. The minimum Gasteiger partial charge on any atom is -0.358 e. The molecular formula is C14H17ClN4S. The zero-order valence-corrected chi connectivity index (χ0v) is 13.3. The monoisotopic (exact) mass is 308 g/mol. The fourth-order valence-corrected chi connectivity index (χ4v) is 2.14. The summed E-state index contributed by atoms with van der Waals surface area (Å²) in [6.07, 6.45) is 1.84. The van der Waals surface area contributed by atoms with Gasteiger partial charge in [-0.25, -0.2) is 0 Å². The Bertz CT molecular complexity index is 636. The van der Waals surface area contributed by atoms with Crippen molar-refractivity contribution in [3.8, 4) is 0 Å². The Kier molecular flexibility index (Phi) is 4.62. The number of hydrogen-bond acceptors (Lipinski definition) is 2. The van der Waals surface area contributed by atoms with Crippen molar-refractivity contribution in [3.63, 3.8) is 0 Å². The van der Waals surface area contributed by atoms with Crippen LogP contribution in [0.2, 0.25) is 5.02 Å². The number of anilines is 1. The minimum absolute atomic E-state index is 0.568. The second-order valence-corrected chi connectivity index (χ2v) is 5.49. The lowest BCUT2D eigenvalue weighted by Gasteiger charge is -2.12. The second-order valence-electron chi connectivity index (χ2n) is 4.65. The molecule has 0 saturated carbocycles. The third-order valence-corrected chi connectivity index (χ3v) is 3.71. The van der Waals surface area contributed by atoms with Crippen molar-refractivity contribution in [1.82, 2.24) is 15.1 Å². The number of hydrogen-bond donors (Lipinski definition) is 2.